The first-order chi connectivity index (χ1) is 8.61. The number of carboxylic acid groups (broad SMARTS) is 1. The number of carbonyl (C=O) groups is 2. The van der Waals surface area contributed by atoms with Crippen LogP contribution < -0.4 is 11.1 Å². The summed E-state index contributed by atoms with van der Waals surface area (Å²) < 4.78 is 0. The molecule has 0 aromatic carbocycles. The van der Waals surface area contributed by atoms with Crippen molar-refractivity contribution < 1.29 is 14.7 Å². The molecule has 1 amide bonds. The lowest BCUT2D eigenvalue weighted by molar-refractivity contribution is -0.142. The van der Waals surface area contributed by atoms with E-state index in [2.05, 4.69) is 5.32 Å². The van der Waals surface area contributed by atoms with Crippen molar-refractivity contribution in [3.8, 4) is 0 Å². The monoisotopic (exact) mass is 258 g/mol. The second-order valence-electron chi connectivity index (χ2n) is 4.55. The Balaban J connectivity index is 3.77. The maximum absolute atomic E-state index is 11.6. The summed E-state index contributed by atoms with van der Waals surface area (Å²) in [5.41, 5.74) is 5.37. The maximum atomic E-state index is 11.6. The van der Waals surface area contributed by atoms with Crippen LogP contribution in [0.5, 0.6) is 0 Å². The molecule has 0 spiro atoms. The minimum atomic E-state index is -0.945. The summed E-state index contributed by atoms with van der Waals surface area (Å²) in [4.78, 5) is 22.5. The zero-order valence-corrected chi connectivity index (χ0v) is 11.3. The number of hydrogen-bond donors (Lipinski definition) is 3. The van der Waals surface area contributed by atoms with E-state index < -0.39 is 12.0 Å². The Morgan fingerprint density at radius 1 is 1.17 bits per heavy atom. The Labute approximate surface area is 109 Å². The van der Waals surface area contributed by atoms with Crippen LogP contribution in [0, 0.1) is 0 Å². The molecule has 0 aromatic heterocycles. The zero-order valence-electron chi connectivity index (χ0n) is 11.3. The van der Waals surface area contributed by atoms with E-state index in [4.69, 9.17) is 10.8 Å². The highest BCUT2D eigenvalue weighted by Gasteiger charge is 2.18. The van der Waals surface area contributed by atoms with Gasteiger partial charge in [-0.3, -0.25) is 4.79 Å². The van der Waals surface area contributed by atoms with E-state index in [9.17, 15) is 9.59 Å². The number of carboxylic acids is 1. The van der Waals surface area contributed by atoms with Gasteiger partial charge in [-0.1, -0.05) is 32.6 Å². The number of nitrogens with two attached hydrogens (primary N) is 1. The topological polar surface area (TPSA) is 92.4 Å². The molecule has 0 aliphatic carbocycles. The molecule has 0 aliphatic rings. The molecule has 5 heteroatoms. The lowest BCUT2D eigenvalue weighted by Crippen LogP contribution is -2.40. The third kappa shape index (κ3) is 8.98. The van der Waals surface area contributed by atoms with E-state index >= 15 is 0 Å². The van der Waals surface area contributed by atoms with Crippen LogP contribution >= 0.6 is 0 Å². The molecule has 0 aliphatic heterocycles. The Kier molecular flexibility index (Phi) is 10.3. The molecular weight excluding hydrogens is 232 g/mol. The van der Waals surface area contributed by atoms with Gasteiger partial charge in [0, 0.05) is 6.42 Å². The zero-order chi connectivity index (χ0) is 13.8. The summed E-state index contributed by atoms with van der Waals surface area (Å²) in [5, 5.41) is 11.5. The largest absolute Gasteiger partial charge is 0.480 e. The predicted octanol–water partition coefficient (Wildman–Crippen LogP) is 1.66. The molecule has 1 atom stereocenters. The number of amides is 1. The van der Waals surface area contributed by atoms with Crippen molar-refractivity contribution in [2.45, 2.75) is 64.3 Å². The molecule has 0 fully saturated rings. The van der Waals surface area contributed by atoms with E-state index in [1.807, 2.05) is 6.92 Å². The highest BCUT2D eigenvalue weighted by atomic mass is 16.4. The highest BCUT2D eigenvalue weighted by Crippen LogP contribution is 2.04. The van der Waals surface area contributed by atoms with E-state index in [0.717, 1.165) is 38.5 Å². The Morgan fingerprint density at radius 2 is 1.83 bits per heavy atom. The molecule has 18 heavy (non-hydrogen) atoms. The van der Waals surface area contributed by atoms with Crippen LogP contribution in [0.4, 0.5) is 0 Å². The molecule has 0 saturated heterocycles. The fraction of sp³-hybridized carbons (Fsp3) is 0.846. The lowest BCUT2D eigenvalue weighted by Gasteiger charge is -2.13. The number of aliphatic carboxylic acids is 1. The normalized spacial score (nSPS) is 12.1. The van der Waals surface area contributed by atoms with Crippen molar-refractivity contribution in [1.82, 2.24) is 5.32 Å². The van der Waals surface area contributed by atoms with Gasteiger partial charge in [-0.25, -0.2) is 4.79 Å². The van der Waals surface area contributed by atoms with Gasteiger partial charge in [-0.15, -0.1) is 0 Å². The van der Waals surface area contributed by atoms with Crippen molar-refractivity contribution in [3.63, 3.8) is 0 Å². The summed E-state index contributed by atoms with van der Waals surface area (Å²) >= 11 is 0. The van der Waals surface area contributed by atoms with Gasteiger partial charge < -0.3 is 16.2 Å². The van der Waals surface area contributed by atoms with Crippen molar-refractivity contribution in [3.05, 3.63) is 0 Å². The van der Waals surface area contributed by atoms with Gasteiger partial charge in [0.1, 0.15) is 6.04 Å². The summed E-state index contributed by atoms with van der Waals surface area (Å²) in [7, 11) is 0. The molecule has 0 saturated carbocycles. The van der Waals surface area contributed by atoms with Crippen LogP contribution in [0.1, 0.15) is 58.3 Å². The molecule has 0 aromatic rings. The SMILES string of the molecule is CCCC[C@H](NC(=O)CCCCCCN)C(=O)O. The molecule has 0 bridgehead atoms. The average Bonchev–Trinajstić information content (AvgIpc) is 2.33. The van der Waals surface area contributed by atoms with Gasteiger partial charge in [0.25, 0.3) is 0 Å². The van der Waals surface area contributed by atoms with Gasteiger partial charge in [0.2, 0.25) is 5.91 Å². The van der Waals surface area contributed by atoms with Gasteiger partial charge in [-0.2, -0.15) is 0 Å². The minimum Gasteiger partial charge on any atom is -0.480 e. The summed E-state index contributed by atoms with van der Waals surface area (Å²) in [6, 6.07) is -0.735. The van der Waals surface area contributed by atoms with Gasteiger partial charge >= 0.3 is 5.97 Å². The second kappa shape index (κ2) is 11.0. The summed E-state index contributed by atoms with van der Waals surface area (Å²) in [6.07, 6.45) is 6.43. The fourth-order valence-corrected chi connectivity index (χ4v) is 1.72. The molecule has 0 unspecified atom stereocenters. The number of carbonyl (C=O) groups excluding carboxylic acids is 1. The molecule has 0 heterocycles. The third-order valence-electron chi connectivity index (χ3n) is 2.84. The number of hydrogen-bond acceptors (Lipinski definition) is 3. The molecule has 5 nitrogen and oxygen atoms in total. The standard InChI is InChI=1S/C13H26N2O3/c1-2-3-8-11(13(17)18)15-12(16)9-6-4-5-7-10-14/h11H,2-10,14H2,1H3,(H,15,16)(H,17,18)/t11-/m0/s1. The van der Waals surface area contributed by atoms with E-state index in [-0.39, 0.29) is 5.91 Å². The molecular formula is C13H26N2O3. The van der Waals surface area contributed by atoms with Crippen LogP contribution in [0.15, 0.2) is 0 Å². The first kappa shape index (κ1) is 16.9. The van der Waals surface area contributed by atoms with Crippen LogP contribution in [0.3, 0.4) is 0 Å². The van der Waals surface area contributed by atoms with Crippen LogP contribution in [-0.4, -0.2) is 29.6 Å². The van der Waals surface area contributed by atoms with E-state index in [1.165, 1.54) is 0 Å². The quantitative estimate of drug-likeness (QED) is 0.491. The Morgan fingerprint density at radius 3 is 2.39 bits per heavy atom. The summed E-state index contributed by atoms with van der Waals surface area (Å²) in [5.74, 6) is -1.11. The highest BCUT2D eigenvalue weighted by molar-refractivity contribution is 5.83. The van der Waals surface area contributed by atoms with Crippen molar-refractivity contribution in [2.24, 2.45) is 5.73 Å². The maximum Gasteiger partial charge on any atom is 0.326 e. The Bertz CT molecular complexity index is 244. The van der Waals surface area contributed by atoms with Crippen molar-refractivity contribution in [2.75, 3.05) is 6.54 Å². The van der Waals surface area contributed by atoms with Crippen LogP contribution in [-0.2, 0) is 9.59 Å². The first-order valence-corrected chi connectivity index (χ1v) is 6.84. The van der Waals surface area contributed by atoms with Crippen LogP contribution in [0.25, 0.3) is 0 Å². The first-order valence-electron chi connectivity index (χ1n) is 6.84. The molecule has 0 radical (unpaired) electrons. The summed E-state index contributed by atoms with van der Waals surface area (Å²) in [6.45, 7) is 2.68. The average molecular weight is 258 g/mol. The molecule has 106 valence electrons. The van der Waals surface area contributed by atoms with Gasteiger partial charge in [-0.05, 0) is 25.8 Å². The number of rotatable bonds is 11. The molecule has 0 rings (SSSR count). The fourth-order valence-electron chi connectivity index (χ4n) is 1.72. The van der Waals surface area contributed by atoms with Crippen LogP contribution in [0.2, 0.25) is 0 Å². The number of unbranched alkanes of at least 4 members (excludes halogenated alkanes) is 4. The van der Waals surface area contributed by atoms with Crippen molar-refractivity contribution >= 4 is 11.9 Å². The second-order valence-corrected chi connectivity index (χ2v) is 4.55. The smallest absolute Gasteiger partial charge is 0.326 e. The third-order valence-corrected chi connectivity index (χ3v) is 2.84. The molecule has 4 N–H and O–H groups in total. The van der Waals surface area contributed by atoms with Gasteiger partial charge in [0.05, 0.1) is 0 Å². The predicted molar refractivity (Wildman–Crippen MR) is 71.2 cm³/mol. The number of nitrogens with one attached hydrogen (secondary N) is 1. The lowest BCUT2D eigenvalue weighted by atomic mass is 10.1. The Hall–Kier alpha value is -1.10. The van der Waals surface area contributed by atoms with E-state index in [0.29, 0.717) is 19.4 Å². The van der Waals surface area contributed by atoms with Gasteiger partial charge in [0.15, 0.2) is 0 Å². The van der Waals surface area contributed by atoms with E-state index in [1.54, 1.807) is 0 Å². The van der Waals surface area contributed by atoms with Crippen molar-refractivity contribution in [1.29, 1.82) is 0 Å². The minimum absolute atomic E-state index is 0.161.